The molecule has 1 amide bonds. The van der Waals surface area contributed by atoms with Crippen LogP contribution < -0.4 is 5.43 Å². The van der Waals surface area contributed by atoms with Crippen LogP contribution in [0.4, 0.5) is 0 Å². The summed E-state index contributed by atoms with van der Waals surface area (Å²) in [5, 5.41) is 1.80. The molecule has 0 aromatic rings. The van der Waals surface area contributed by atoms with Crippen molar-refractivity contribution in [2.45, 2.75) is 31.7 Å². The van der Waals surface area contributed by atoms with E-state index in [4.69, 9.17) is 11.6 Å². The third-order valence-corrected chi connectivity index (χ3v) is 2.18. The number of hydrogen-bond donors (Lipinski definition) is 1. The van der Waals surface area contributed by atoms with Gasteiger partial charge in [0, 0.05) is 13.5 Å². The summed E-state index contributed by atoms with van der Waals surface area (Å²) in [5.41, 5.74) is 2.67. The van der Waals surface area contributed by atoms with Crippen LogP contribution in [0.25, 0.3) is 0 Å². The van der Waals surface area contributed by atoms with Crippen LogP contribution in [0.1, 0.15) is 26.2 Å². The average Bonchev–Trinajstić information content (AvgIpc) is 1.93. The summed E-state index contributed by atoms with van der Waals surface area (Å²) in [6.45, 7) is 2.37. The number of amides is 1. The van der Waals surface area contributed by atoms with Gasteiger partial charge in [-0.2, -0.15) is 0 Å². The highest BCUT2D eigenvalue weighted by Gasteiger charge is 2.19. The van der Waals surface area contributed by atoms with Gasteiger partial charge in [-0.25, -0.2) is 5.01 Å². The molecule has 3 nitrogen and oxygen atoms in total. The van der Waals surface area contributed by atoms with Crippen LogP contribution in [0, 0.1) is 0 Å². The molecule has 0 aromatic carbocycles. The Morgan fingerprint density at radius 1 is 1.64 bits per heavy atom. The maximum atomic E-state index is 10.6. The summed E-state index contributed by atoms with van der Waals surface area (Å²) in [4.78, 5) is 10.6. The van der Waals surface area contributed by atoms with Crippen LogP contribution in [0.3, 0.4) is 0 Å². The minimum Gasteiger partial charge on any atom is -0.288 e. The SMILES string of the molecule is CC(=O)NN1CCCCC1Cl. The van der Waals surface area contributed by atoms with Gasteiger partial charge in [0.2, 0.25) is 5.91 Å². The fourth-order valence-corrected chi connectivity index (χ4v) is 1.52. The summed E-state index contributed by atoms with van der Waals surface area (Å²) in [6, 6.07) is 0. The van der Waals surface area contributed by atoms with Crippen molar-refractivity contribution in [1.82, 2.24) is 10.4 Å². The summed E-state index contributed by atoms with van der Waals surface area (Å²) < 4.78 is 0. The third kappa shape index (κ3) is 2.67. The van der Waals surface area contributed by atoms with Gasteiger partial charge in [-0.1, -0.05) is 0 Å². The van der Waals surface area contributed by atoms with E-state index in [1.54, 1.807) is 5.01 Å². The maximum Gasteiger partial charge on any atom is 0.231 e. The van der Waals surface area contributed by atoms with Crippen LogP contribution in [0.5, 0.6) is 0 Å². The molecule has 0 aromatic heterocycles. The fraction of sp³-hybridized carbons (Fsp3) is 0.857. The Morgan fingerprint density at radius 3 is 2.91 bits per heavy atom. The van der Waals surface area contributed by atoms with Crippen LogP contribution in [-0.2, 0) is 4.79 Å². The Hall–Kier alpha value is -0.280. The first-order chi connectivity index (χ1) is 5.20. The molecule has 1 rings (SSSR count). The highest BCUT2D eigenvalue weighted by molar-refractivity contribution is 6.20. The quantitative estimate of drug-likeness (QED) is 0.479. The van der Waals surface area contributed by atoms with Crippen LogP contribution >= 0.6 is 11.6 Å². The Morgan fingerprint density at radius 2 is 2.36 bits per heavy atom. The number of carbonyl (C=O) groups is 1. The number of rotatable bonds is 1. The van der Waals surface area contributed by atoms with Gasteiger partial charge in [0.15, 0.2) is 0 Å². The Kier molecular flexibility index (Phi) is 3.15. The smallest absolute Gasteiger partial charge is 0.231 e. The lowest BCUT2D eigenvalue weighted by atomic mass is 10.2. The third-order valence-electron chi connectivity index (χ3n) is 1.73. The summed E-state index contributed by atoms with van der Waals surface area (Å²) >= 11 is 5.94. The van der Waals surface area contributed by atoms with E-state index in [0.29, 0.717) is 0 Å². The van der Waals surface area contributed by atoms with Crippen molar-refractivity contribution in [2.75, 3.05) is 6.54 Å². The molecular weight excluding hydrogens is 164 g/mol. The van der Waals surface area contributed by atoms with Gasteiger partial charge in [-0.15, -0.1) is 11.6 Å². The Balaban J connectivity index is 2.35. The van der Waals surface area contributed by atoms with E-state index in [1.807, 2.05) is 0 Å². The maximum absolute atomic E-state index is 10.6. The molecule has 0 saturated carbocycles. The number of carbonyl (C=O) groups excluding carboxylic acids is 1. The molecule has 1 unspecified atom stereocenters. The van der Waals surface area contributed by atoms with E-state index >= 15 is 0 Å². The molecule has 1 aliphatic rings. The topological polar surface area (TPSA) is 32.3 Å². The monoisotopic (exact) mass is 176 g/mol. The van der Waals surface area contributed by atoms with Crippen molar-refractivity contribution in [2.24, 2.45) is 0 Å². The lowest BCUT2D eigenvalue weighted by Gasteiger charge is -2.30. The molecule has 1 heterocycles. The zero-order valence-corrected chi connectivity index (χ0v) is 7.40. The van der Waals surface area contributed by atoms with Gasteiger partial charge in [-0.3, -0.25) is 10.2 Å². The number of nitrogens with one attached hydrogen (secondary N) is 1. The molecule has 1 fully saturated rings. The zero-order chi connectivity index (χ0) is 8.27. The normalized spacial score (nSPS) is 26.5. The highest BCUT2D eigenvalue weighted by Crippen LogP contribution is 2.17. The van der Waals surface area contributed by atoms with Gasteiger partial charge in [0.1, 0.15) is 5.50 Å². The molecular formula is C7H13ClN2O. The highest BCUT2D eigenvalue weighted by atomic mass is 35.5. The molecule has 0 aliphatic carbocycles. The second-order valence-electron chi connectivity index (χ2n) is 2.79. The Bertz CT molecular complexity index is 151. The number of hydrogen-bond acceptors (Lipinski definition) is 2. The predicted octanol–water partition coefficient (Wildman–Crippen LogP) is 1.09. The molecule has 64 valence electrons. The van der Waals surface area contributed by atoms with E-state index in [1.165, 1.54) is 6.92 Å². The van der Waals surface area contributed by atoms with Crippen molar-refractivity contribution in [3.63, 3.8) is 0 Å². The first-order valence-electron chi connectivity index (χ1n) is 3.88. The molecule has 1 saturated heterocycles. The predicted molar refractivity (Wildman–Crippen MR) is 44.0 cm³/mol. The standard InChI is InChI=1S/C7H13ClN2O/c1-6(11)9-10-5-3-2-4-7(10)8/h7H,2-5H2,1H3,(H,9,11). The van der Waals surface area contributed by atoms with Crippen molar-refractivity contribution < 1.29 is 4.79 Å². The molecule has 4 heteroatoms. The van der Waals surface area contributed by atoms with E-state index in [2.05, 4.69) is 5.43 Å². The first-order valence-corrected chi connectivity index (χ1v) is 4.32. The number of halogens is 1. The summed E-state index contributed by atoms with van der Waals surface area (Å²) in [6.07, 6.45) is 3.23. The minimum absolute atomic E-state index is 0.0207. The molecule has 1 atom stereocenters. The average molecular weight is 177 g/mol. The van der Waals surface area contributed by atoms with E-state index in [-0.39, 0.29) is 11.4 Å². The van der Waals surface area contributed by atoms with Crippen LogP contribution in [0.15, 0.2) is 0 Å². The molecule has 1 N–H and O–H groups in total. The fourth-order valence-electron chi connectivity index (χ4n) is 1.22. The molecule has 0 spiro atoms. The Labute approximate surface area is 71.7 Å². The van der Waals surface area contributed by atoms with E-state index < -0.39 is 0 Å². The minimum atomic E-state index is -0.0439. The second kappa shape index (κ2) is 3.93. The zero-order valence-electron chi connectivity index (χ0n) is 6.64. The van der Waals surface area contributed by atoms with Gasteiger partial charge in [0.25, 0.3) is 0 Å². The lowest BCUT2D eigenvalue weighted by Crippen LogP contribution is -2.47. The first kappa shape index (κ1) is 8.81. The molecule has 0 bridgehead atoms. The van der Waals surface area contributed by atoms with Crippen LogP contribution in [-0.4, -0.2) is 23.0 Å². The van der Waals surface area contributed by atoms with Crippen molar-refractivity contribution in [3.8, 4) is 0 Å². The number of nitrogens with zero attached hydrogens (tertiary/aromatic N) is 1. The number of hydrazine groups is 1. The van der Waals surface area contributed by atoms with Gasteiger partial charge < -0.3 is 0 Å². The van der Waals surface area contributed by atoms with Crippen molar-refractivity contribution >= 4 is 17.5 Å². The molecule has 0 radical (unpaired) electrons. The van der Waals surface area contributed by atoms with Gasteiger partial charge in [0.05, 0.1) is 0 Å². The molecule has 1 aliphatic heterocycles. The lowest BCUT2D eigenvalue weighted by molar-refractivity contribution is -0.124. The van der Waals surface area contributed by atoms with Crippen molar-refractivity contribution in [3.05, 3.63) is 0 Å². The summed E-state index contributed by atoms with van der Waals surface area (Å²) in [7, 11) is 0. The van der Waals surface area contributed by atoms with E-state index in [0.717, 1.165) is 25.8 Å². The number of piperidine rings is 1. The summed E-state index contributed by atoms with van der Waals surface area (Å²) in [5.74, 6) is -0.0439. The van der Waals surface area contributed by atoms with Gasteiger partial charge in [-0.05, 0) is 19.3 Å². The largest absolute Gasteiger partial charge is 0.288 e. The van der Waals surface area contributed by atoms with Crippen molar-refractivity contribution in [1.29, 1.82) is 0 Å². The van der Waals surface area contributed by atoms with Gasteiger partial charge >= 0.3 is 0 Å². The van der Waals surface area contributed by atoms with Crippen LogP contribution in [0.2, 0.25) is 0 Å². The molecule has 11 heavy (non-hydrogen) atoms. The van der Waals surface area contributed by atoms with E-state index in [9.17, 15) is 4.79 Å². The second-order valence-corrected chi connectivity index (χ2v) is 3.30. The number of alkyl halides is 1.